The number of rotatable bonds is 2. The maximum atomic E-state index is 3.54. The lowest BCUT2D eigenvalue weighted by molar-refractivity contribution is 0.660. The fourth-order valence-corrected chi connectivity index (χ4v) is 2.92. The molecule has 0 saturated carbocycles. The van der Waals surface area contributed by atoms with E-state index in [1.165, 1.54) is 29.1 Å². The van der Waals surface area contributed by atoms with Crippen molar-refractivity contribution in [3.63, 3.8) is 0 Å². The predicted octanol–water partition coefficient (Wildman–Crippen LogP) is 4.32. The van der Waals surface area contributed by atoms with Crippen LogP contribution in [0.5, 0.6) is 0 Å². The third kappa shape index (κ3) is 3.32. The Morgan fingerprint density at radius 1 is 1.33 bits per heavy atom. The largest absolute Gasteiger partial charge is 0.309 e. The highest BCUT2D eigenvalue weighted by Gasteiger charge is 2.18. The second-order valence-electron chi connectivity index (χ2n) is 4.04. The Bertz CT molecular complexity index is 272. The van der Waals surface area contributed by atoms with Gasteiger partial charge in [0.15, 0.2) is 0 Å². The molecule has 2 heterocycles. The Hall–Kier alpha value is -0.340. The third-order valence-corrected chi connectivity index (χ3v) is 4.12. The Kier molecular flexibility index (Phi) is 5.34. The highest BCUT2D eigenvalue weighted by molar-refractivity contribution is 7.12. The minimum Gasteiger partial charge on any atom is -0.309 e. The number of hydrogen-bond acceptors (Lipinski definition) is 2. The van der Waals surface area contributed by atoms with E-state index in [4.69, 9.17) is 0 Å². The maximum Gasteiger partial charge on any atom is 0.0415 e. The van der Waals surface area contributed by atoms with Gasteiger partial charge >= 0.3 is 0 Å². The molecule has 0 spiro atoms. The van der Waals surface area contributed by atoms with E-state index in [1.54, 1.807) is 0 Å². The maximum absolute atomic E-state index is 3.54. The third-order valence-electron chi connectivity index (χ3n) is 2.62. The van der Waals surface area contributed by atoms with Crippen LogP contribution in [0.25, 0.3) is 0 Å². The van der Waals surface area contributed by atoms with Crippen molar-refractivity contribution >= 4 is 11.3 Å². The van der Waals surface area contributed by atoms with Gasteiger partial charge in [0, 0.05) is 15.8 Å². The lowest BCUT2D eigenvalue weighted by Crippen LogP contribution is -2.11. The minimum atomic E-state index is 0.650. The molecule has 1 aliphatic heterocycles. The molecule has 0 aliphatic carbocycles. The van der Waals surface area contributed by atoms with Gasteiger partial charge in [-0.25, -0.2) is 0 Å². The highest BCUT2D eigenvalue weighted by Crippen LogP contribution is 2.32. The Morgan fingerprint density at radius 3 is 2.53 bits per heavy atom. The van der Waals surface area contributed by atoms with Crippen LogP contribution in [0, 0.1) is 0 Å². The molecule has 86 valence electrons. The summed E-state index contributed by atoms with van der Waals surface area (Å²) < 4.78 is 0. The predicted molar refractivity (Wildman–Crippen MR) is 69.7 cm³/mol. The van der Waals surface area contributed by atoms with Gasteiger partial charge in [0.25, 0.3) is 0 Å². The summed E-state index contributed by atoms with van der Waals surface area (Å²) in [5.41, 5.74) is 0. The summed E-state index contributed by atoms with van der Waals surface area (Å²) in [6.07, 6.45) is 2.65. The normalized spacial score (nSPS) is 20.2. The lowest BCUT2D eigenvalue weighted by atomic mass is 10.1. The van der Waals surface area contributed by atoms with Crippen LogP contribution in [-0.2, 0) is 0 Å². The fraction of sp³-hybridized carbons (Fsp3) is 0.692. The van der Waals surface area contributed by atoms with Crippen molar-refractivity contribution in [2.75, 3.05) is 6.54 Å². The van der Waals surface area contributed by atoms with E-state index in [0.29, 0.717) is 12.0 Å². The topological polar surface area (TPSA) is 12.0 Å². The van der Waals surface area contributed by atoms with Gasteiger partial charge in [-0.3, -0.25) is 0 Å². The van der Waals surface area contributed by atoms with E-state index in [9.17, 15) is 0 Å². The molecule has 1 saturated heterocycles. The molecule has 1 nitrogen and oxygen atoms in total. The summed E-state index contributed by atoms with van der Waals surface area (Å²) in [5, 5.41) is 3.54. The molecule has 0 radical (unpaired) electrons. The van der Waals surface area contributed by atoms with Crippen LogP contribution < -0.4 is 5.32 Å². The van der Waals surface area contributed by atoms with Crippen LogP contribution in [0.2, 0.25) is 0 Å². The lowest BCUT2D eigenvalue weighted by Gasteiger charge is -2.06. The van der Waals surface area contributed by atoms with E-state index in [2.05, 4.69) is 31.3 Å². The first-order chi connectivity index (χ1) is 7.27. The molecular weight excluding hydrogens is 202 g/mol. The Balaban J connectivity index is 0.000000531. The molecule has 1 aromatic rings. The molecule has 1 aromatic heterocycles. The number of hydrogen-bond donors (Lipinski definition) is 1. The van der Waals surface area contributed by atoms with Gasteiger partial charge in [0.1, 0.15) is 0 Å². The zero-order chi connectivity index (χ0) is 11.3. The molecule has 2 heteroatoms. The van der Waals surface area contributed by atoms with Crippen LogP contribution in [0.15, 0.2) is 12.1 Å². The summed E-state index contributed by atoms with van der Waals surface area (Å²) in [4.78, 5) is 3.05. The van der Waals surface area contributed by atoms with Gasteiger partial charge in [0.2, 0.25) is 0 Å². The van der Waals surface area contributed by atoms with Crippen molar-refractivity contribution in [1.29, 1.82) is 0 Å². The van der Waals surface area contributed by atoms with Gasteiger partial charge in [-0.15, -0.1) is 11.3 Å². The Labute approximate surface area is 97.9 Å². The molecule has 0 amide bonds. The van der Waals surface area contributed by atoms with E-state index in [0.717, 1.165) is 0 Å². The summed E-state index contributed by atoms with van der Waals surface area (Å²) in [7, 11) is 0. The van der Waals surface area contributed by atoms with Crippen LogP contribution in [-0.4, -0.2) is 6.54 Å². The smallest absolute Gasteiger partial charge is 0.0415 e. The first kappa shape index (κ1) is 12.7. The second kappa shape index (κ2) is 6.29. The first-order valence-electron chi connectivity index (χ1n) is 6.10. The zero-order valence-electron chi connectivity index (χ0n) is 10.3. The number of thiophene rings is 1. The van der Waals surface area contributed by atoms with Crippen molar-refractivity contribution in [3.8, 4) is 0 Å². The summed E-state index contributed by atoms with van der Waals surface area (Å²) in [6.45, 7) is 9.72. The minimum absolute atomic E-state index is 0.650. The van der Waals surface area contributed by atoms with E-state index in [1.807, 2.05) is 25.2 Å². The molecular formula is C13H23NS. The average Bonchev–Trinajstić information content (AvgIpc) is 2.91. The van der Waals surface area contributed by atoms with Crippen molar-refractivity contribution in [1.82, 2.24) is 5.32 Å². The van der Waals surface area contributed by atoms with Crippen LogP contribution in [0.4, 0.5) is 0 Å². The van der Waals surface area contributed by atoms with E-state index < -0.39 is 0 Å². The molecule has 1 aliphatic rings. The van der Waals surface area contributed by atoms with Gasteiger partial charge in [-0.1, -0.05) is 27.7 Å². The first-order valence-corrected chi connectivity index (χ1v) is 6.92. The molecule has 1 unspecified atom stereocenters. The van der Waals surface area contributed by atoms with Crippen molar-refractivity contribution < 1.29 is 0 Å². The van der Waals surface area contributed by atoms with Crippen LogP contribution in [0.1, 0.15) is 62.3 Å². The molecule has 1 N–H and O–H groups in total. The quantitative estimate of drug-likeness (QED) is 0.790. The van der Waals surface area contributed by atoms with Gasteiger partial charge < -0.3 is 5.32 Å². The monoisotopic (exact) mass is 225 g/mol. The summed E-state index contributed by atoms with van der Waals surface area (Å²) in [5.74, 6) is 0.681. The van der Waals surface area contributed by atoms with E-state index >= 15 is 0 Å². The SMILES string of the molecule is CC.CC(C)c1ccc(C2CCCN2)s1. The fourth-order valence-electron chi connectivity index (χ4n) is 1.79. The van der Waals surface area contributed by atoms with Gasteiger partial charge in [0.05, 0.1) is 0 Å². The molecule has 1 fully saturated rings. The highest BCUT2D eigenvalue weighted by atomic mass is 32.1. The van der Waals surface area contributed by atoms with Gasteiger partial charge in [-0.05, 0) is 37.4 Å². The van der Waals surface area contributed by atoms with Crippen molar-refractivity contribution in [2.24, 2.45) is 0 Å². The summed E-state index contributed by atoms with van der Waals surface area (Å²) >= 11 is 1.98. The molecule has 0 aromatic carbocycles. The van der Waals surface area contributed by atoms with E-state index in [-0.39, 0.29) is 0 Å². The van der Waals surface area contributed by atoms with Crippen molar-refractivity contribution in [3.05, 3.63) is 21.9 Å². The van der Waals surface area contributed by atoms with Crippen LogP contribution in [0.3, 0.4) is 0 Å². The van der Waals surface area contributed by atoms with Crippen LogP contribution >= 0.6 is 11.3 Å². The standard InChI is InChI=1S/C11H17NS.C2H6/c1-8(2)10-5-6-11(13-10)9-4-3-7-12-9;1-2/h5-6,8-9,12H,3-4,7H2,1-2H3;1-2H3. The van der Waals surface area contributed by atoms with Gasteiger partial charge in [-0.2, -0.15) is 0 Å². The van der Waals surface area contributed by atoms with Crippen molar-refractivity contribution in [2.45, 2.75) is 52.5 Å². The zero-order valence-corrected chi connectivity index (χ0v) is 11.2. The molecule has 1 atom stereocenters. The second-order valence-corrected chi connectivity index (χ2v) is 5.19. The molecule has 2 rings (SSSR count). The average molecular weight is 225 g/mol. The Morgan fingerprint density at radius 2 is 2.07 bits per heavy atom. The summed E-state index contributed by atoms with van der Waals surface area (Å²) in [6, 6.07) is 5.23. The molecule has 15 heavy (non-hydrogen) atoms. The number of nitrogens with one attached hydrogen (secondary N) is 1. The molecule has 0 bridgehead atoms.